The molecule has 6 nitrogen and oxygen atoms in total. The summed E-state index contributed by atoms with van der Waals surface area (Å²) in [6, 6.07) is 12.6. The van der Waals surface area contributed by atoms with Gasteiger partial charge in [-0.3, -0.25) is 9.10 Å². The summed E-state index contributed by atoms with van der Waals surface area (Å²) in [6.45, 7) is 7.71. The molecule has 1 unspecified atom stereocenters. The molecule has 0 spiro atoms. The van der Waals surface area contributed by atoms with Crippen molar-refractivity contribution in [2.45, 2.75) is 52.5 Å². The Labute approximate surface area is 186 Å². The minimum Gasteiger partial charge on any atom is -0.372 e. The summed E-state index contributed by atoms with van der Waals surface area (Å²) in [4.78, 5) is 15.5. The first-order valence-electron chi connectivity index (χ1n) is 10.9. The summed E-state index contributed by atoms with van der Waals surface area (Å²) < 4.78 is 26.7. The summed E-state index contributed by atoms with van der Waals surface area (Å²) in [5, 5.41) is 2.92. The number of hydrogen-bond acceptors (Lipinski definition) is 4. The molecule has 1 aliphatic heterocycles. The first kappa shape index (κ1) is 23.1. The van der Waals surface area contributed by atoms with Gasteiger partial charge in [-0.05, 0) is 81.0 Å². The Kier molecular flexibility index (Phi) is 7.26. The van der Waals surface area contributed by atoms with E-state index in [0.717, 1.165) is 36.2 Å². The second kappa shape index (κ2) is 9.73. The fourth-order valence-corrected chi connectivity index (χ4v) is 5.39. The normalized spacial score (nSPS) is 15.4. The van der Waals surface area contributed by atoms with Crippen LogP contribution in [-0.2, 0) is 14.8 Å². The number of aryl methyl sites for hydroxylation is 2. The Morgan fingerprint density at radius 2 is 1.71 bits per heavy atom. The van der Waals surface area contributed by atoms with Crippen LogP contribution >= 0.6 is 0 Å². The van der Waals surface area contributed by atoms with Gasteiger partial charge < -0.3 is 10.2 Å². The standard InChI is InChI=1S/C24H33N3O3S/c1-5-22(27(31(4,29)30)23-17-18(2)9-10-19(23)3)24(28)25-20-11-13-21(14-12-20)26-15-7-6-8-16-26/h9-14,17,22H,5-8,15-16H2,1-4H3,(H,25,28). The van der Waals surface area contributed by atoms with Gasteiger partial charge in [0, 0.05) is 24.5 Å². The largest absolute Gasteiger partial charge is 0.372 e. The van der Waals surface area contributed by atoms with Gasteiger partial charge in [-0.15, -0.1) is 0 Å². The number of carbonyl (C=O) groups is 1. The van der Waals surface area contributed by atoms with Gasteiger partial charge in [0.2, 0.25) is 15.9 Å². The zero-order valence-corrected chi connectivity index (χ0v) is 19.7. The van der Waals surface area contributed by atoms with Crippen molar-refractivity contribution in [3.63, 3.8) is 0 Å². The smallest absolute Gasteiger partial charge is 0.248 e. The van der Waals surface area contributed by atoms with E-state index in [0.29, 0.717) is 17.8 Å². The summed E-state index contributed by atoms with van der Waals surface area (Å²) in [5.41, 5.74) is 4.12. The van der Waals surface area contributed by atoms with Gasteiger partial charge in [0.15, 0.2) is 0 Å². The van der Waals surface area contributed by atoms with Crippen molar-refractivity contribution in [2.24, 2.45) is 0 Å². The lowest BCUT2D eigenvalue weighted by Gasteiger charge is -2.31. The number of anilines is 3. The van der Waals surface area contributed by atoms with Gasteiger partial charge in [0.25, 0.3) is 0 Å². The van der Waals surface area contributed by atoms with E-state index in [1.165, 1.54) is 23.6 Å². The van der Waals surface area contributed by atoms with Crippen molar-refractivity contribution in [3.8, 4) is 0 Å². The third-order valence-corrected chi connectivity index (χ3v) is 6.95. The fourth-order valence-electron chi connectivity index (χ4n) is 4.13. The molecule has 0 saturated carbocycles. The van der Waals surface area contributed by atoms with Crippen LogP contribution in [0.2, 0.25) is 0 Å². The molecular formula is C24H33N3O3S. The monoisotopic (exact) mass is 443 g/mol. The van der Waals surface area contributed by atoms with Gasteiger partial charge >= 0.3 is 0 Å². The molecule has 0 bridgehead atoms. The van der Waals surface area contributed by atoms with Crippen molar-refractivity contribution < 1.29 is 13.2 Å². The third kappa shape index (κ3) is 5.58. The zero-order chi connectivity index (χ0) is 22.6. The van der Waals surface area contributed by atoms with Gasteiger partial charge in [-0.2, -0.15) is 0 Å². The lowest BCUT2D eigenvalue weighted by atomic mass is 10.1. The molecule has 0 radical (unpaired) electrons. The van der Waals surface area contributed by atoms with E-state index in [1.807, 2.05) is 63.2 Å². The van der Waals surface area contributed by atoms with Crippen LogP contribution in [0.1, 0.15) is 43.7 Å². The Morgan fingerprint density at radius 1 is 1.06 bits per heavy atom. The van der Waals surface area contributed by atoms with Crippen molar-refractivity contribution in [3.05, 3.63) is 53.6 Å². The number of nitrogens with one attached hydrogen (secondary N) is 1. The van der Waals surface area contributed by atoms with Crippen molar-refractivity contribution in [2.75, 3.05) is 33.9 Å². The molecule has 2 aromatic rings. The average Bonchev–Trinajstić information content (AvgIpc) is 2.74. The lowest BCUT2D eigenvalue weighted by Crippen LogP contribution is -2.47. The van der Waals surface area contributed by atoms with Crippen molar-refractivity contribution >= 4 is 33.0 Å². The highest BCUT2D eigenvalue weighted by Gasteiger charge is 2.32. The number of nitrogens with zero attached hydrogens (tertiary/aromatic N) is 2. The number of carbonyl (C=O) groups excluding carboxylic acids is 1. The van der Waals surface area contributed by atoms with Crippen LogP contribution in [0.5, 0.6) is 0 Å². The first-order valence-corrected chi connectivity index (χ1v) is 12.8. The van der Waals surface area contributed by atoms with Gasteiger partial charge in [0.1, 0.15) is 6.04 Å². The molecular weight excluding hydrogens is 410 g/mol. The van der Waals surface area contributed by atoms with Crippen LogP contribution in [0.4, 0.5) is 17.1 Å². The van der Waals surface area contributed by atoms with Crippen LogP contribution in [0, 0.1) is 13.8 Å². The zero-order valence-electron chi connectivity index (χ0n) is 18.9. The predicted molar refractivity (Wildman–Crippen MR) is 128 cm³/mol. The van der Waals surface area contributed by atoms with Crippen molar-refractivity contribution in [1.82, 2.24) is 0 Å². The molecule has 1 amide bonds. The van der Waals surface area contributed by atoms with E-state index in [4.69, 9.17) is 0 Å². The molecule has 168 valence electrons. The quantitative estimate of drug-likeness (QED) is 0.685. The van der Waals surface area contributed by atoms with Crippen LogP contribution in [-0.4, -0.2) is 39.7 Å². The summed E-state index contributed by atoms with van der Waals surface area (Å²) in [7, 11) is -3.66. The van der Waals surface area contributed by atoms with Crippen LogP contribution in [0.3, 0.4) is 0 Å². The minimum atomic E-state index is -3.66. The molecule has 1 heterocycles. The minimum absolute atomic E-state index is 0.334. The highest BCUT2D eigenvalue weighted by molar-refractivity contribution is 7.92. The number of benzene rings is 2. The molecule has 1 fully saturated rings. The van der Waals surface area contributed by atoms with Gasteiger partial charge in [0.05, 0.1) is 11.9 Å². The molecule has 31 heavy (non-hydrogen) atoms. The third-order valence-electron chi connectivity index (χ3n) is 5.79. The molecule has 1 atom stereocenters. The molecule has 1 aliphatic rings. The lowest BCUT2D eigenvalue weighted by molar-refractivity contribution is -0.117. The van der Waals surface area contributed by atoms with Crippen LogP contribution < -0.4 is 14.5 Å². The Morgan fingerprint density at radius 3 is 2.29 bits per heavy atom. The summed E-state index contributed by atoms with van der Waals surface area (Å²) in [6.07, 6.45) is 5.20. The molecule has 7 heteroatoms. The molecule has 3 rings (SSSR count). The number of sulfonamides is 1. The second-order valence-corrected chi connectivity index (χ2v) is 10.2. The Balaban J connectivity index is 1.82. The Hall–Kier alpha value is -2.54. The van der Waals surface area contributed by atoms with Crippen LogP contribution in [0.15, 0.2) is 42.5 Å². The Bertz CT molecular complexity index is 1010. The number of piperidine rings is 1. The maximum absolute atomic E-state index is 13.2. The number of rotatable bonds is 7. The summed E-state index contributed by atoms with van der Waals surface area (Å²) >= 11 is 0. The molecule has 1 saturated heterocycles. The number of amides is 1. The first-order chi connectivity index (χ1) is 14.7. The maximum atomic E-state index is 13.2. The maximum Gasteiger partial charge on any atom is 0.248 e. The van der Waals surface area contributed by atoms with E-state index >= 15 is 0 Å². The van der Waals surface area contributed by atoms with E-state index in [1.54, 1.807) is 0 Å². The molecule has 0 aromatic heterocycles. The summed E-state index contributed by atoms with van der Waals surface area (Å²) in [5.74, 6) is -0.334. The molecule has 1 N–H and O–H groups in total. The second-order valence-electron chi connectivity index (χ2n) is 8.36. The predicted octanol–water partition coefficient (Wildman–Crippen LogP) is 4.48. The van der Waals surface area contributed by atoms with E-state index in [9.17, 15) is 13.2 Å². The van der Waals surface area contributed by atoms with Crippen LogP contribution in [0.25, 0.3) is 0 Å². The van der Waals surface area contributed by atoms with Gasteiger partial charge in [-0.1, -0.05) is 19.1 Å². The number of hydrogen-bond donors (Lipinski definition) is 1. The van der Waals surface area contributed by atoms with Gasteiger partial charge in [-0.25, -0.2) is 8.42 Å². The van der Waals surface area contributed by atoms with E-state index < -0.39 is 16.1 Å². The molecule has 2 aromatic carbocycles. The SMILES string of the molecule is CCC(C(=O)Nc1ccc(N2CCCCC2)cc1)N(c1cc(C)ccc1C)S(C)(=O)=O. The fraction of sp³-hybridized carbons (Fsp3) is 0.458. The molecule has 0 aliphatic carbocycles. The highest BCUT2D eigenvalue weighted by Crippen LogP contribution is 2.28. The van der Waals surface area contributed by atoms with E-state index in [2.05, 4.69) is 10.2 Å². The average molecular weight is 444 g/mol. The van der Waals surface area contributed by atoms with E-state index in [-0.39, 0.29) is 5.91 Å². The topological polar surface area (TPSA) is 69.7 Å². The highest BCUT2D eigenvalue weighted by atomic mass is 32.2. The van der Waals surface area contributed by atoms with Crippen molar-refractivity contribution in [1.29, 1.82) is 0 Å².